The third-order valence-corrected chi connectivity index (χ3v) is 2.63. The van der Waals surface area contributed by atoms with Crippen LogP contribution in [-0.4, -0.2) is 11.9 Å². The number of fused-ring (bicyclic) bond motifs is 1. The first kappa shape index (κ1) is 13.1. The predicted octanol–water partition coefficient (Wildman–Crippen LogP) is 3.00. The van der Waals surface area contributed by atoms with E-state index in [4.69, 9.17) is 9.47 Å². The molecule has 2 aromatic carbocycles. The fraction of sp³-hybridized carbons (Fsp3) is 0.200. The van der Waals surface area contributed by atoms with Crippen LogP contribution in [0, 0.1) is 6.92 Å². The minimum absolute atomic E-state index is 0.290. The molecule has 0 saturated heterocycles. The molecule has 4 heteroatoms. The Morgan fingerprint density at radius 3 is 2.16 bits per heavy atom. The molecule has 4 nitrogen and oxygen atoms in total. The van der Waals surface area contributed by atoms with Gasteiger partial charge in [0.05, 0.1) is 0 Å². The quantitative estimate of drug-likeness (QED) is 0.613. The molecule has 19 heavy (non-hydrogen) atoms. The van der Waals surface area contributed by atoms with E-state index in [0.29, 0.717) is 11.5 Å². The van der Waals surface area contributed by atoms with Crippen molar-refractivity contribution >= 4 is 22.7 Å². The third kappa shape index (κ3) is 2.73. The standard InChI is InChI=1S/C15H14O4/c1-9-8-12-6-4-5-7-13(12)15(19-11(3)17)14(9)18-10(2)16/h4-8H,1-3H3. The van der Waals surface area contributed by atoms with Crippen molar-refractivity contribution < 1.29 is 19.1 Å². The van der Waals surface area contributed by atoms with Gasteiger partial charge in [-0.3, -0.25) is 9.59 Å². The SMILES string of the molecule is CC(=O)Oc1c(C)cc2ccccc2c1OC(C)=O. The van der Waals surface area contributed by atoms with Crippen molar-refractivity contribution in [1.82, 2.24) is 0 Å². The summed E-state index contributed by atoms with van der Waals surface area (Å²) in [6.07, 6.45) is 0. The van der Waals surface area contributed by atoms with Crippen molar-refractivity contribution in [3.63, 3.8) is 0 Å². The second-order valence-corrected chi connectivity index (χ2v) is 4.26. The molecular formula is C15H14O4. The fourth-order valence-corrected chi connectivity index (χ4v) is 1.95. The molecule has 2 aromatic rings. The van der Waals surface area contributed by atoms with Crippen molar-refractivity contribution in [2.45, 2.75) is 20.8 Å². The summed E-state index contributed by atoms with van der Waals surface area (Å²) in [5.74, 6) is -0.323. The summed E-state index contributed by atoms with van der Waals surface area (Å²) in [5, 5.41) is 1.66. The summed E-state index contributed by atoms with van der Waals surface area (Å²) < 4.78 is 10.4. The predicted molar refractivity (Wildman–Crippen MR) is 71.3 cm³/mol. The van der Waals surface area contributed by atoms with E-state index >= 15 is 0 Å². The van der Waals surface area contributed by atoms with Gasteiger partial charge in [-0.1, -0.05) is 24.3 Å². The van der Waals surface area contributed by atoms with Crippen LogP contribution in [0.2, 0.25) is 0 Å². The monoisotopic (exact) mass is 258 g/mol. The lowest BCUT2D eigenvalue weighted by molar-refractivity contribution is -0.134. The van der Waals surface area contributed by atoms with Crippen molar-refractivity contribution in [1.29, 1.82) is 0 Å². The Labute approximate surface area is 110 Å². The van der Waals surface area contributed by atoms with Crippen molar-refractivity contribution in [2.24, 2.45) is 0 Å². The highest BCUT2D eigenvalue weighted by Gasteiger charge is 2.17. The van der Waals surface area contributed by atoms with Crippen LogP contribution < -0.4 is 9.47 Å². The Bertz CT molecular complexity index is 658. The fourth-order valence-electron chi connectivity index (χ4n) is 1.95. The Balaban J connectivity index is 2.73. The smallest absolute Gasteiger partial charge is 0.308 e. The van der Waals surface area contributed by atoms with Crippen LogP contribution in [0.25, 0.3) is 10.8 Å². The molecule has 0 saturated carbocycles. The Hall–Kier alpha value is -2.36. The average molecular weight is 258 g/mol. The van der Waals surface area contributed by atoms with Gasteiger partial charge in [0.1, 0.15) is 0 Å². The second kappa shape index (κ2) is 5.10. The summed E-state index contributed by atoms with van der Waals surface area (Å²) in [4.78, 5) is 22.4. The van der Waals surface area contributed by atoms with E-state index in [1.807, 2.05) is 30.3 Å². The Morgan fingerprint density at radius 2 is 1.53 bits per heavy atom. The molecule has 0 N–H and O–H groups in total. The lowest BCUT2D eigenvalue weighted by Gasteiger charge is -2.14. The molecule has 2 rings (SSSR count). The summed E-state index contributed by atoms with van der Waals surface area (Å²) >= 11 is 0. The van der Waals surface area contributed by atoms with E-state index < -0.39 is 11.9 Å². The zero-order chi connectivity index (χ0) is 14.0. The van der Waals surface area contributed by atoms with Gasteiger partial charge in [-0.15, -0.1) is 0 Å². The zero-order valence-electron chi connectivity index (χ0n) is 11.0. The normalized spacial score (nSPS) is 10.3. The minimum atomic E-state index is -0.454. The van der Waals surface area contributed by atoms with Crippen LogP contribution >= 0.6 is 0 Å². The topological polar surface area (TPSA) is 52.6 Å². The molecule has 0 aliphatic heterocycles. The van der Waals surface area contributed by atoms with Gasteiger partial charge in [0.15, 0.2) is 11.5 Å². The maximum atomic E-state index is 11.2. The lowest BCUT2D eigenvalue weighted by atomic mass is 10.1. The molecule has 0 amide bonds. The molecule has 0 bridgehead atoms. The summed E-state index contributed by atoms with van der Waals surface area (Å²) in [7, 11) is 0. The first-order valence-electron chi connectivity index (χ1n) is 5.88. The summed E-state index contributed by atoms with van der Waals surface area (Å²) in [6.45, 7) is 4.43. The van der Waals surface area contributed by atoms with Crippen molar-refractivity contribution in [2.75, 3.05) is 0 Å². The van der Waals surface area contributed by atoms with Crippen LogP contribution in [0.5, 0.6) is 11.5 Å². The van der Waals surface area contributed by atoms with Gasteiger partial charge >= 0.3 is 11.9 Å². The number of benzene rings is 2. The highest BCUT2D eigenvalue weighted by molar-refractivity contribution is 5.94. The molecule has 0 atom stereocenters. The first-order chi connectivity index (χ1) is 8.99. The van der Waals surface area contributed by atoms with Crippen LogP contribution in [0.15, 0.2) is 30.3 Å². The van der Waals surface area contributed by atoms with Gasteiger partial charge < -0.3 is 9.47 Å². The number of carbonyl (C=O) groups is 2. The third-order valence-electron chi connectivity index (χ3n) is 2.63. The number of ether oxygens (including phenoxy) is 2. The Morgan fingerprint density at radius 1 is 0.947 bits per heavy atom. The van der Waals surface area contributed by atoms with Crippen LogP contribution in [0.1, 0.15) is 19.4 Å². The van der Waals surface area contributed by atoms with Crippen LogP contribution in [-0.2, 0) is 9.59 Å². The average Bonchev–Trinajstić information content (AvgIpc) is 2.32. The van der Waals surface area contributed by atoms with Gasteiger partial charge in [-0.25, -0.2) is 0 Å². The van der Waals surface area contributed by atoms with Gasteiger partial charge in [-0.05, 0) is 23.9 Å². The molecule has 0 unspecified atom stereocenters. The minimum Gasteiger partial charge on any atom is -0.422 e. The molecule has 98 valence electrons. The molecule has 0 spiro atoms. The molecule has 0 aliphatic carbocycles. The molecule has 0 aliphatic rings. The van der Waals surface area contributed by atoms with Gasteiger partial charge in [-0.2, -0.15) is 0 Å². The number of aryl methyl sites for hydroxylation is 1. The van der Waals surface area contributed by atoms with Crippen LogP contribution in [0.3, 0.4) is 0 Å². The van der Waals surface area contributed by atoms with E-state index in [9.17, 15) is 9.59 Å². The van der Waals surface area contributed by atoms with Gasteiger partial charge in [0.25, 0.3) is 0 Å². The zero-order valence-corrected chi connectivity index (χ0v) is 11.0. The number of hydrogen-bond donors (Lipinski definition) is 0. The molecule has 0 radical (unpaired) electrons. The molecular weight excluding hydrogens is 244 g/mol. The lowest BCUT2D eigenvalue weighted by Crippen LogP contribution is -2.08. The van der Waals surface area contributed by atoms with Crippen molar-refractivity contribution in [3.05, 3.63) is 35.9 Å². The Kier molecular flexibility index (Phi) is 3.51. The largest absolute Gasteiger partial charge is 0.422 e. The number of rotatable bonds is 2. The summed E-state index contributed by atoms with van der Waals surface area (Å²) in [6, 6.07) is 9.35. The number of esters is 2. The van der Waals surface area contributed by atoms with E-state index in [-0.39, 0.29) is 0 Å². The molecule has 0 heterocycles. The van der Waals surface area contributed by atoms with Crippen molar-refractivity contribution in [3.8, 4) is 11.5 Å². The highest BCUT2D eigenvalue weighted by Crippen LogP contribution is 2.39. The van der Waals surface area contributed by atoms with Crippen LogP contribution in [0.4, 0.5) is 0 Å². The molecule has 0 fully saturated rings. The van der Waals surface area contributed by atoms with E-state index in [2.05, 4.69) is 0 Å². The number of hydrogen-bond acceptors (Lipinski definition) is 4. The number of carbonyl (C=O) groups excluding carboxylic acids is 2. The maximum absolute atomic E-state index is 11.2. The van der Waals surface area contributed by atoms with E-state index in [1.54, 1.807) is 6.92 Å². The van der Waals surface area contributed by atoms with Gasteiger partial charge in [0, 0.05) is 19.2 Å². The van der Waals surface area contributed by atoms with E-state index in [1.165, 1.54) is 13.8 Å². The van der Waals surface area contributed by atoms with E-state index in [0.717, 1.165) is 16.3 Å². The summed E-state index contributed by atoms with van der Waals surface area (Å²) in [5.41, 5.74) is 0.741. The van der Waals surface area contributed by atoms with Gasteiger partial charge in [0.2, 0.25) is 0 Å². The highest BCUT2D eigenvalue weighted by atomic mass is 16.6. The second-order valence-electron chi connectivity index (χ2n) is 4.26. The molecule has 0 aromatic heterocycles. The maximum Gasteiger partial charge on any atom is 0.308 e. The first-order valence-corrected chi connectivity index (χ1v) is 5.88.